The van der Waals surface area contributed by atoms with Crippen LogP contribution >= 0.6 is 0 Å². The second-order valence-electron chi connectivity index (χ2n) is 2.57. The molecular weight excluding hydrogens is 174 g/mol. The van der Waals surface area contributed by atoms with Gasteiger partial charge in [0.15, 0.2) is 5.90 Å². The van der Waals surface area contributed by atoms with Crippen molar-refractivity contribution in [2.75, 3.05) is 0 Å². The highest BCUT2D eigenvalue weighted by molar-refractivity contribution is 5.94. The van der Waals surface area contributed by atoms with Crippen LogP contribution in [0.2, 0.25) is 0 Å². The van der Waals surface area contributed by atoms with Crippen molar-refractivity contribution in [2.45, 2.75) is 26.9 Å². The summed E-state index contributed by atoms with van der Waals surface area (Å²) in [6.45, 7) is 4.72. The van der Waals surface area contributed by atoms with Gasteiger partial charge in [-0.3, -0.25) is 10.8 Å². The summed E-state index contributed by atoms with van der Waals surface area (Å²) in [6, 6.07) is -0.516. The lowest BCUT2D eigenvalue weighted by Gasteiger charge is -2.09. The van der Waals surface area contributed by atoms with Crippen molar-refractivity contribution < 1.29 is 14.3 Å². The third-order valence-electron chi connectivity index (χ3n) is 0.813. The van der Waals surface area contributed by atoms with Crippen LogP contribution in [0.4, 0.5) is 4.79 Å². The number of alkyl carbamates (subject to hydrolysis) is 1. The molecule has 74 valence electrons. The molecule has 0 aromatic rings. The predicted octanol–water partition coefficient (Wildman–Crippen LogP) is 1.07. The van der Waals surface area contributed by atoms with Crippen LogP contribution in [0.15, 0.2) is 0 Å². The molecular formula is C7H13N3O3. The van der Waals surface area contributed by atoms with E-state index < -0.39 is 12.1 Å². The lowest BCUT2D eigenvalue weighted by Crippen LogP contribution is -2.34. The molecule has 0 aliphatic carbocycles. The Hall–Kier alpha value is -1.59. The van der Waals surface area contributed by atoms with Crippen molar-refractivity contribution in [2.24, 2.45) is 0 Å². The van der Waals surface area contributed by atoms with E-state index in [1.807, 2.05) is 5.32 Å². The first-order chi connectivity index (χ1) is 5.91. The van der Waals surface area contributed by atoms with Gasteiger partial charge >= 0.3 is 6.09 Å². The molecule has 13 heavy (non-hydrogen) atoms. The van der Waals surface area contributed by atoms with Crippen molar-refractivity contribution in [3.8, 4) is 0 Å². The topological polar surface area (TPSA) is 95.3 Å². The van der Waals surface area contributed by atoms with Crippen LogP contribution in [-0.4, -0.2) is 24.1 Å². The third kappa shape index (κ3) is 6.79. The number of nitrogens with one attached hydrogen (secondary N) is 3. The summed E-state index contributed by atoms with van der Waals surface area (Å²) in [4.78, 5) is 10.8. The van der Waals surface area contributed by atoms with E-state index in [-0.39, 0.29) is 12.0 Å². The number of ether oxygens (including phenoxy) is 2. The Balaban J connectivity index is 3.79. The molecule has 0 fully saturated rings. The Morgan fingerprint density at radius 2 is 1.92 bits per heavy atom. The zero-order valence-electron chi connectivity index (χ0n) is 7.80. The van der Waals surface area contributed by atoms with Gasteiger partial charge in [-0.25, -0.2) is 10.1 Å². The fourth-order valence-electron chi connectivity index (χ4n) is 0.515. The fraction of sp³-hybridized carbons (Fsp3) is 0.571. The summed E-state index contributed by atoms with van der Waals surface area (Å²) in [5, 5.41) is 15.9. The molecule has 0 saturated carbocycles. The highest BCUT2D eigenvalue weighted by Gasteiger charge is 2.08. The van der Waals surface area contributed by atoms with Crippen LogP contribution in [0.3, 0.4) is 0 Å². The Morgan fingerprint density at radius 3 is 2.31 bits per heavy atom. The van der Waals surface area contributed by atoms with Crippen molar-refractivity contribution >= 4 is 18.0 Å². The largest absolute Gasteiger partial charge is 0.446 e. The molecule has 0 aromatic carbocycles. The number of rotatable bonds is 1. The highest BCUT2D eigenvalue weighted by Crippen LogP contribution is 1.88. The van der Waals surface area contributed by atoms with Gasteiger partial charge in [-0.05, 0) is 13.8 Å². The minimum absolute atomic E-state index is 0.171. The van der Waals surface area contributed by atoms with Gasteiger partial charge in [-0.1, -0.05) is 0 Å². The molecule has 0 atom stereocenters. The van der Waals surface area contributed by atoms with E-state index >= 15 is 0 Å². The van der Waals surface area contributed by atoms with E-state index in [2.05, 4.69) is 9.47 Å². The first kappa shape index (κ1) is 11.4. The lowest BCUT2D eigenvalue weighted by molar-refractivity contribution is 0.119. The normalized spacial score (nSPS) is 9.23. The molecule has 0 aliphatic rings. The van der Waals surface area contributed by atoms with E-state index in [1.165, 1.54) is 6.92 Å². The van der Waals surface area contributed by atoms with Crippen molar-refractivity contribution in [1.82, 2.24) is 5.32 Å². The minimum atomic E-state index is -0.763. The molecule has 0 heterocycles. The van der Waals surface area contributed by atoms with Gasteiger partial charge in [0.1, 0.15) is 0 Å². The van der Waals surface area contributed by atoms with Crippen molar-refractivity contribution in [3.63, 3.8) is 0 Å². The van der Waals surface area contributed by atoms with Gasteiger partial charge in [0.25, 0.3) is 6.02 Å². The molecule has 0 aliphatic heterocycles. The van der Waals surface area contributed by atoms with E-state index in [0.29, 0.717) is 0 Å². The first-order valence-corrected chi connectivity index (χ1v) is 3.71. The summed E-state index contributed by atoms with van der Waals surface area (Å²) in [5.41, 5.74) is 0. The molecule has 0 unspecified atom stereocenters. The number of carbonyl (C=O) groups is 1. The van der Waals surface area contributed by atoms with Gasteiger partial charge in [-0.15, -0.1) is 0 Å². The van der Waals surface area contributed by atoms with Crippen LogP contribution in [0.5, 0.6) is 0 Å². The molecule has 6 heteroatoms. The number of hydrogen-bond acceptors (Lipinski definition) is 5. The molecule has 0 radical (unpaired) electrons. The standard InChI is InChI=1S/C7H13N3O3/c1-4(2)12-7(11)10-6(9)13-5(3)8/h4,8H,1-3H3,(H2,9,10,11). The van der Waals surface area contributed by atoms with Gasteiger partial charge in [0, 0.05) is 6.92 Å². The molecule has 0 bridgehead atoms. The Morgan fingerprint density at radius 1 is 1.38 bits per heavy atom. The maximum Gasteiger partial charge on any atom is 0.415 e. The second-order valence-corrected chi connectivity index (χ2v) is 2.57. The Labute approximate surface area is 76.2 Å². The van der Waals surface area contributed by atoms with Crippen molar-refractivity contribution in [3.05, 3.63) is 0 Å². The quantitative estimate of drug-likeness (QED) is 0.423. The van der Waals surface area contributed by atoms with Gasteiger partial charge in [-0.2, -0.15) is 0 Å². The van der Waals surface area contributed by atoms with Crippen LogP contribution in [0.25, 0.3) is 0 Å². The Kier molecular flexibility index (Phi) is 4.50. The van der Waals surface area contributed by atoms with Crippen LogP contribution in [0, 0.1) is 10.8 Å². The highest BCUT2D eigenvalue weighted by atomic mass is 16.6. The molecule has 1 amide bonds. The average molecular weight is 187 g/mol. The molecule has 0 rings (SSSR count). The average Bonchev–Trinajstić information content (AvgIpc) is 1.80. The fourth-order valence-corrected chi connectivity index (χ4v) is 0.515. The SMILES string of the molecule is CC(=N)OC(=N)NC(=O)OC(C)C. The zero-order valence-corrected chi connectivity index (χ0v) is 7.80. The summed E-state index contributed by atoms with van der Waals surface area (Å²) < 4.78 is 9.12. The summed E-state index contributed by atoms with van der Waals surface area (Å²) >= 11 is 0. The second kappa shape index (κ2) is 5.13. The lowest BCUT2D eigenvalue weighted by atomic mass is 10.5. The number of carbonyl (C=O) groups excluding carboxylic acids is 1. The first-order valence-electron chi connectivity index (χ1n) is 3.71. The maximum absolute atomic E-state index is 10.8. The van der Waals surface area contributed by atoms with Crippen LogP contribution in [0.1, 0.15) is 20.8 Å². The zero-order chi connectivity index (χ0) is 10.4. The van der Waals surface area contributed by atoms with E-state index in [4.69, 9.17) is 10.8 Å². The van der Waals surface area contributed by atoms with E-state index in [0.717, 1.165) is 0 Å². The maximum atomic E-state index is 10.8. The number of hydrogen-bond donors (Lipinski definition) is 3. The molecule has 3 N–H and O–H groups in total. The Bertz CT molecular complexity index is 225. The summed E-state index contributed by atoms with van der Waals surface area (Å²) in [6.07, 6.45) is -1.02. The molecule has 0 spiro atoms. The minimum Gasteiger partial charge on any atom is -0.446 e. The van der Waals surface area contributed by atoms with E-state index in [9.17, 15) is 4.79 Å². The third-order valence-corrected chi connectivity index (χ3v) is 0.813. The van der Waals surface area contributed by atoms with Crippen LogP contribution in [-0.2, 0) is 9.47 Å². The van der Waals surface area contributed by atoms with Gasteiger partial charge < -0.3 is 9.47 Å². The van der Waals surface area contributed by atoms with Gasteiger partial charge in [0.05, 0.1) is 6.10 Å². The molecule has 0 aromatic heterocycles. The summed E-state index contributed by atoms with van der Waals surface area (Å²) in [5.74, 6) is -0.171. The molecule has 6 nitrogen and oxygen atoms in total. The smallest absolute Gasteiger partial charge is 0.415 e. The van der Waals surface area contributed by atoms with Gasteiger partial charge in [0.2, 0.25) is 0 Å². The predicted molar refractivity (Wildman–Crippen MR) is 47.0 cm³/mol. The summed E-state index contributed by atoms with van der Waals surface area (Å²) in [7, 11) is 0. The van der Waals surface area contributed by atoms with Crippen LogP contribution < -0.4 is 5.32 Å². The monoisotopic (exact) mass is 187 g/mol. The van der Waals surface area contributed by atoms with Crippen molar-refractivity contribution in [1.29, 1.82) is 10.8 Å². The number of amides is 1. The number of amidine groups is 1. The molecule has 0 saturated heterocycles. The van der Waals surface area contributed by atoms with E-state index in [1.54, 1.807) is 13.8 Å².